The summed E-state index contributed by atoms with van der Waals surface area (Å²) >= 11 is 1.54. The number of aryl methyl sites for hydroxylation is 1. The number of rotatable bonds is 3. The number of fused-ring (bicyclic) bond motifs is 1. The van der Waals surface area contributed by atoms with Gasteiger partial charge in [-0.25, -0.2) is 0 Å². The van der Waals surface area contributed by atoms with Crippen molar-refractivity contribution in [3.63, 3.8) is 0 Å². The van der Waals surface area contributed by atoms with Crippen LogP contribution in [-0.2, 0) is 26.4 Å². The van der Waals surface area contributed by atoms with Gasteiger partial charge in [0.1, 0.15) is 0 Å². The first-order valence-corrected chi connectivity index (χ1v) is 7.54. The Bertz CT molecular complexity index is 586. The Morgan fingerprint density at radius 3 is 3.11 bits per heavy atom. The molecule has 0 aromatic carbocycles. The van der Waals surface area contributed by atoms with E-state index in [1.54, 1.807) is 0 Å². The van der Waals surface area contributed by atoms with E-state index in [1.165, 1.54) is 35.4 Å². The van der Waals surface area contributed by atoms with Crippen LogP contribution in [0.15, 0.2) is 16.8 Å². The molecule has 1 aliphatic rings. The molecule has 2 heterocycles. The number of amides is 1. The number of hydrogen-bond donors (Lipinski definition) is 1. The van der Waals surface area contributed by atoms with Crippen LogP contribution >= 0.6 is 11.3 Å². The maximum Gasteiger partial charge on any atom is 0.252 e. The second-order valence-electron chi connectivity index (χ2n) is 4.90. The number of nitrogens with one attached hydrogen (secondary N) is 1. The van der Waals surface area contributed by atoms with Crippen molar-refractivity contribution >= 4 is 17.2 Å². The Balaban J connectivity index is 1.72. The van der Waals surface area contributed by atoms with Crippen LogP contribution in [0.4, 0.5) is 0 Å². The third-order valence-electron chi connectivity index (χ3n) is 3.65. The molecule has 2 aromatic rings. The van der Waals surface area contributed by atoms with Crippen LogP contribution < -0.4 is 5.32 Å². The van der Waals surface area contributed by atoms with Crippen LogP contribution in [0.1, 0.15) is 40.2 Å². The van der Waals surface area contributed by atoms with E-state index >= 15 is 0 Å². The van der Waals surface area contributed by atoms with Crippen molar-refractivity contribution in [2.45, 2.75) is 32.2 Å². The summed E-state index contributed by atoms with van der Waals surface area (Å²) in [6, 6.07) is 1.84. The van der Waals surface area contributed by atoms with Gasteiger partial charge in [-0.05, 0) is 42.7 Å². The standard InChI is InChI=1S/C14H17N3OS/c1-17-13-5-3-2-4-11(13)12(16-17)8-15-14(18)10-6-7-19-9-10/h6-7,9H,2-5,8H2,1H3,(H,15,18). The Kier molecular flexibility index (Phi) is 3.38. The highest BCUT2D eigenvalue weighted by molar-refractivity contribution is 7.08. The van der Waals surface area contributed by atoms with Crippen LogP contribution in [0.5, 0.6) is 0 Å². The molecule has 100 valence electrons. The van der Waals surface area contributed by atoms with Crippen molar-refractivity contribution in [2.75, 3.05) is 0 Å². The third-order valence-corrected chi connectivity index (χ3v) is 4.33. The summed E-state index contributed by atoms with van der Waals surface area (Å²) in [5.74, 6) is -0.0172. The second kappa shape index (κ2) is 5.17. The lowest BCUT2D eigenvalue weighted by Crippen LogP contribution is -2.23. The molecule has 0 saturated heterocycles. The summed E-state index contributed by atoms with van der Waals surface area (Å²) in [6.07, 6.45) is 4.67. The van der Waals surface area contributed by atoms with Crippen molar-refractivity contribution in [1.82, 2.24) is 15.1 Å². The van der Waals surface area contributed by atoms with Crippen molar-refractivity contribution < 1.29 is 4.79 Å². The minimum atomic E-state index is -0.0172. The van der Waals surface area contributed by atoms with Crippen molar-refractivity contribution in [3.8, 4) is 0 Å². The molecule has 3 rings (SSSR count). The molecule has 0 saturated carbocycles. The molecule has 0 unspecified atom stereocenters. The minimum absolute atomic E-state index is 0.0172. The van der Waals surface area contributed by atoms with Gasteiger partial charge in [0.25, 0.3) is 5.91 Å². The van der Waals surface area contributed by atoms with E-state index in [4.69, 9.17) is 0 Å². The third kappa shape index (κ3) is 2.42. The Labute approximate surface area is 116 Å². The molecule has 0 atom stereocenters. The van der Waals surface area contributed by atoms with E-state index < -0.39 is 0 Å². The van der Waals surface area contributed by atoms with Gasteiger partial charge < -0.3 is 5.32 Å². The molecule has 1 amide bonds. The van der Waals surface area contributed by atoms with Gasteiger partial charge >= 0.3 is 0 Å². The van der Waals surface area contributed by atoms with Crippen LogP contribution in [0, 0.1) is 0 Å². The fourth-order valence-electron chi connectivity index (χ4n) is 2.66. The summed E-state index contributed by atoms with van der Waals surface area (Å²) in [5.41, 5.74) is 4.45. The van der Waals surface area contributed by atoms with Crippen LogP contribution in [0.2, 0.25) is 0 Å². The average molecular weight is 275 g/mol. The molecule has 5 heteroatoms. The van der Waals surface area contributed by atoms with Gasteiger partial charge in [0.15, 0.2) is 0 Å². The second-order valence-corrected chi connectivity index (χ2v) is 5.68. The summed E-state index contributed by atoms with van der Waals surface area (Å²) < 4.78 is 1.97. The summed E-state index contributed by atoms with van der Waals surface area (Å²) in [6.45, 7) is 0.526. The topological polar surface area (TPSA) is 46.9 Å². The number of carbonyl (C=O) groups is 1. The summed E-state index contributed by atoms with van der Waals surface area (Å²) in [5, 5.41) is 11.3. The molecule has 0 spiro atoms. The van der Waals surface area contributed by atoms with Crippen molar-refractivity contribution in [3.05, 3.63) is 39.3 Å². The predicted octanol–water partition coefficient (Wildman–Crippen LogP) is 2.29. The van der Waals surface area contributed by atoms with E-state index in [0.29, 0.717) is 6.54 Å². The van der Waals surface area contributed by atoms with Gasteiger partial charge in [-0.1, -0.05) is 0 Å². The summed E-state index contributed by atoms with van der Waals surface area (Å²) in [7, 11) is 1.99. The number of thiophene rings is 1. The highest BCUT2D eigenvalue weighted by Crippen LogP contribution is 2.23. The fourth-order valence-corrected chi connectivity index (χ4v) is 3.30. The first-order chi connectivity index (χ1) is 9.25. The summed E-state index contributed by atoms with van der Waals surface area (Å²) in [4.78, 5) is 11.9. The number of nitrogens with zero attached hydrogens (tertiary/aromatic N) is 2. The average Bonchev–Trinajstić information content (AvgIpc) is 3.06. The highest BCUT2D eigenvalue weighted by atomic mass is 32.1. The van der Waals surface area contributed by atoms with Gasteiger partial charge in [0.05, 0.1) is 12.2 Å². The lowest BCUT2D eigenvalue weighted by atomic mass is 9.96. The van der Waals surface area contributed by atoms with Crippen molar-refractivity contribution in [2.24, 2.45) is 7.05 Å². The number of aromatic nitrogens is 2. The number of carbonyl (C=O) groups excluding carboxylic acids is 1. The van der Waals surface area contributed by atoms with Crippen molar-refractivity contribution in [1.29, 1.82) is 0 Å². The maximum absolute atomic E-state index is 11.9. The van der Waals surface area contributed by atoms with Gasteiger partial charge in [-0.2, -0.15) is 16.4 Å². The minimum Gasteiger partial charge on any atom is -0.346 e. The Hall–Kier alpha value is -1.62. The smallest absolute Gasteiger partial charge is 0.252 e. The first-order valence-electron chi connectivity index (χ1n) is 6.59. The normalized spacial score (nSPS) is 14.2. The van der Waals surface area contributed by atoms with E-state index in [-0.39, 0.29) is 5.91 Å². The van der Waals surface area contributed by atoms with E-state index in [2.05, 4.69) is 10.4 Å². The van der Waals surface area contributed by atoms with Crippen LogP contribution in [0.3, 0.4) is 0 Å². The number of hydrogen-bond acceptors (Lipinski definition) is 3. The molecular weight excluding hydrogens is 258 g/mol. The van der Waals surface area contributed by atoms with E-state index in [9.17, 15) is 4.79 Å². The molecule has 1 N–H and O–H groups in total. The molecule has 2 aromatic heterocycles. The van der Waals surface area contributed by atoms with Gasteiger partial charge in [-0.3, -0.25) is 9.48 Å². The molecule has 19 heavy (non-hydrogen) atoms. The Morgan fingerprint density at radius 2 is 2.32 bits per heavy atom. The predicted molar refractivity (Wildman–Crippen MR) is 75.3 cm³/mol. The largest absolute Gasteiger partial charge is 0.346 e. The van der Waals surface area contributed by atoms with E-state index in [0.717, 1.165) is 24.1 Å². The maximum atomic E-state index is 11.9. The fraction of sp³-hybridized carbons (Fsp3) is 0.429. The molecule has 4 nitrogen and oxygen atoms in total. The monoisotopic (exact) mass is 275 g/mol. The zero-order valence-electron chi connectivity index (χ0n) is 11.0. The molecule has 1 aliphatic carbocycles. The zero-order valence-corrected chi connectivity index (χ0v) is 11.8. The SMILES string of the molecule is Cn1nc(CNC(=O)c2ccsc2)c2c1CCCC2. The van der Waals surface area contributed by atoms with Crippen LogP contribution in [0.25, 0.3) is 0 Å². The van der Waals surface area contributed by atoms with Gasteiger partial charge in [0, 0.05) is 23.7 Å². The van der Waals surface area contributed by atoms with Gasteiger partial charge in [-0.15, -0.1) is 0 Å². The molecular formula is C14H17N3OS. The lowest BCUT2D eigenvalue weighted by Gasteiger charge is -2.12. The molecule has 0 aliphatic heterocycles. The zero-order chi connectivity index (χ0) is 13.2. The molecule has 0 radical (unpaired) electrons. The first kappa shape index (κ1) is 12.4. The quantitative estimate of drug-likeness (QED) is 0.934. The van der Waals surface area contributed by atoms with Gasteiger partial charge in [0.2, 0.25) is 0 Å². The molecule has 0 bridgehead atoms. The molecule has 0 fully saturated rings. The van der Waals surface area contributed by atoms with Crippen LogP contribution in [-0.4, -0.2) is 15.7 Å². The Morgan fingerprint density at radius 1 is 1.47 bits per heavy atom. The lowest BCUT2D eigenvalue weighted by molar-refractivity contribution is 0.0950. The highest BCUT2D eigenvalue weighted by Gasteiger charge is 2.19. The van der Waals surface area contributed by atoms with E-state index in [1.807, 2.05) is 28.6 Å².